The maximum Gasteiger partial charge on any atom is 0.338 e. The summed E-state index contributed by atoms with van der Waals surface area (Å²) < 4.78 is 10.8. The molecule has 0 aromatic heterocycles. The van der Waals surface area contributed by atoms with E-state index in [1.54, 1.807) is 0 Å². The molecule has 3 nitrogen and oxygen atoms in total. The molecule has 0 N–H and O–H groups in total. The summed E-state index contributed by atoms with van der Waals surface area (Å²) in [5.74, 6) is 0.492. The lowest BCUT2D eigenvalue weighted by Crippen LogP contribution is -2.27. The molecule has 0 fully saturated rings. The van der Waals surface area contributed by atoms with Crippen molar-refractivity contribution >= 4 is 12.0 Å². The molecule has 2 rings (SSSR count). The summed E-state index contributed by atoms with van der Waals surface area (Å²) in [7, 11) is 0. The van der Waals surface area contributed by atoms with Crippen molar-refractivity contribution in [1.82, 2.24) is 0 Å². The van der Waals surface area contributed by atoms with Gasteiger partial charge in [0, 0.05) is 5.56 Å². The van der Waals surface area contributed by atoms with E-state index in [1.807, 2.05) is 51.1 Å². The van der Waals surface area contributed by atoms with E-state index < -0.39 is 5.60 Å². The Balaban J connectivity index is 2.20. The van der Waals surface area contributed by atoms with Crippen LogP contribution < -0.4 is 4.74 Å². The number of rotatable bonds is 1. The summed E-state index contributed by atoms with van der Waals surface area (Å²) in [5, 5.41) is 0. The fraction of sp³-hybridized carbons (Fsp3) is 0.357. The van der Waals surface area contributed by atoms with Gasteiger partial charge in [0.05, 0.1) is 5.57 Å². The van der Waals surface area contributed by atoms with Crippen molar-refractivity contribution in [1.29, 1.82) is 0 Å². The lowest BCUT2D eigenvalue weighted by atomic mass is 10.1. The Morgan fingerprint density at radius 1 is 1.29 bits per heavy atom. The Hall–Kier alpha value is -1.77. The third-order valence-electron chi connectivity index (χ3n) is 2.29. The van der Waals surface area contributed by atoms with Gasteiger partial charge >= 0.3 is 5.97 Å². The van der Waals surface area contributed by atoms with Crippen LogP contribution in [0.25, 0.3) is 6.08 Å². The predicted octanol–water partition coefficient (Wildman–Crippen LogP) is 2.80. The summed E-state index contributed by atoms with van der Waals surface area (Å²) in [5.41, 5.74) is 0.993. The number of fused-ring (bicyclic) bond motifs is 1. The molecule has 0 radical (unpaired) electrons. The first-order valence-corrected chi connectivity index (χ1v) is 5.61. The van der Waals surface area contributed by atoms with Crippen molar-refractivity contribution in [3.63, 3.8) is 0 Å². The van der Waals surface area contributed by atoms with Crippen LogP contribution in [0.1, 0.15) is 26.3 Å². The van der Waals surface area contributed by atoms with Crippen LogP contribution in [0.4, 0.5) is 0 Å². The van der Waals surface area contributed by atoms with E-state index in [0.29, 0.717) is 5.57 Å². The molecule has 0 unspecified atom stereocenters. The molecule has 1 aliphatic heterocycles. The van der Waals surface area contributed by atoms with Gasteiger partial charge in [-0.05, 0) is 32.9 Å². The summed E-state index contributed by atoms with van der Waals surface area (Å²) >= 11 is 0. The standard InChI is InChI=1S/C14H16O3/c1-14(2,3)17-13(15)11-8-10-6-4-5-7-12(10)16-9-11/h4-8H,9H2,1-3H3. The summed E-state index contributed by atoms with van der Waals surface area (Å²) in [4.78, 5) is 11.9. The zero-order chi connectivity index (χ0) is 12.5. The van der Waals surface area contributed by atoms with Crippen LogP contribution in [0.15, 0.2) is 29.8 Å². The maximum absolute atomic E-state index is 11.9. The van der Waals surface area contributed by atoms with Gasteiger partial charge in [0.2, 0.25) is 0 Å². The van der Waals surface area contributed by atoms with Crippen molar-refractivity contribution in [3.05, 3.63) is 35.4 Å². The van der Waals surface area contributed by atoms with Crippen LogP contribution in [0.2, 0.25) is 0 Å². The number of benzene rings is 1. The molecule has 90 valence electrons. The van der Waals surface area contributed by atoms with Crippen LogP contribution in [-0.4, -0.2) is 18.2 Å². The van der Waals surface area contributed by atoms with E-state index in [-0.39, 0.29) is 12.6 Å². The van der Waals surface area contributed by atoms with Gasteiger partial charge in [-0.15, -0.1) is 0 Å². The van der Waals surface area contributed by atoms with Crippen LogP contribution in [-0.2, 0) is 9.53 Å². The van der Waals surface area contributed by atoms with Gasteiger partial charge in [-0.1, -0.05) is 18.2 Å². The Morgan fingerprint density at radius 3 is 2.71 bits per heavy atom. The Kier molecular flexibility index (Phi) is 2.92. The third-order valence-corrected chi connectivity index (χ3v) is 2.29. The normalized spacial score (nSPS) is 14.4. The average molecular weight is 232 g/mol. The molecule has 0 spiro atoms. The molecule has 0 saturated heterocycles. The fourth-order valence-corrected chi connectivity index (χ4v) is 1.58. The predicted molar refractivity (Wildman–Crippen MR) is 65.8 cm³/mol. The van der Waals surface area contributed by atoms with E-state index in [4.69, 9.17) is 9.47 Å². The molecule has 17 heavy (non-hydrogen) atoms. The zero-order valence-corrected chi connectivity index (χ0v) is 10.3. The highest BCUT2D eigenvalue weighted by molar-refractivity contribution is 5.95. The lowest BCUT2D eigenvalue weighted by molar-refractivity contribution is -0.150. The minimum absolute atomic E-state index is 0.270. The molecule has 0 bridgehead atoms. The summed E-state index contributed by atoms with van der Waals surface area (Å²) in [6.45, 7) is 5.82. The molecule has 3 heteroatoms. The van der Waals surface area contributed by atoms with E-state index in [0.717, 1.165) is 11.3 Å². The second-order valence-corrected chi connectivity index (χ2v) is 5.00. The molecule has 0 atom stereocenters. The van der Waals surface area contributed by atoms with Gasteiger partial charge < -0.3 is 9.47 Å². The van der Waals surface area contributed by atoms with Crippen molar-refractivity contribution < 1.29 is 14.3 Å². The van der Waals surface area contributed by atoms with Crippen molar-refractivity contribution in [3.8, 4) is 5.75 Å². The molecule has 1 aliphatic rings. The Labute approximate surface area is 101 Å². The summed E-state index contributed by atoms with van der Waals surface area (Å²) in [6, 6.07) is 7.62. The van der Waals surface area contributed by atoms with Gasteiger partial charge in [0.15, 0.2) is 0 Å². The highest BCUT2D eigenvalue weighted by Crippen LogP contribution is 2.26. The topological polar surface area (TPSA) is 35.5 Å². The quantitative estimate of drug-likeness (QED) is 0.698. The first-order chi connectivity index (χ1) is 7.96. The summed E-state index contributed by atoms with van der Waals surface area (Å²) in [6.07, 6.45) is 1.83. The largest absolute Gasteiger partial charge is 0.488 e. The van der Waals surface area contributed by atoms with Crippen LogP contribution in [0, 0.1) is 0 Å². The fourth-order valence-electron chi connectivity index (χ4n) is 1.58. The first-order valence-electron chi connectivity index (χ1n) is 5.61. The molecule has 1 aromatic rings. The Bertz CT molecular complexity index is 467. The van der Waals surface area contributed by atoms with Crippen LogP contribution in [0.3, 0.4) is 0 Å². The third kappa shape index (κ3) is 2.87. The van der Waals surface area contributed by atoms with E-state index in [9.17, 15) is 4.79 Å². The lowest BCUT2D eigenvalue weighted by Gasteiger charge is -2.22. The smallest absolute Gasteiger partial charge is 0.338 e. The molecule has 0 aliphatic carbocycles. The number of ether oxygens (including phenoxy) is 2. The minimum atomic E-state index is -0.477. The minimum Gasteiger partial charge on any atom is -0.488 e. The SMILES string of the molecule is CC(C)(C)OC(=O)C1=Cc2ccccc2OC1. The first kappa shape index (κ1) is 11.7. The molecular weight excluding hydrogens is 216 g/mol. The maximum atomic E-state index is 11.9. The van der Waals surface area contributed by atoms with Gasteiger partial charge in [0.25, 0.3) is 0 Å². The van der Waals surface area contributed by atoms with Crippen LogP contribution in [0.5, 0.6) is 5.75 Å². The van der Waals surface area contributed by atoms with E-state index in [1.165, 1.54) is 0 Å². The second-order valence-electron chi connectivity index (χ2n) is 5.00. The van der Waals surface area contributed by atoms with Crippen molar-refractivity contribution in [2.45, 2.75) is 26.4 Å². The average Bonchev–Trinajstić information content (AvgIpc) is 2.26. The number of para-hydroxylation sites is 1. The van der Waals surface area contributed by atoms with E-state index in [2.05, 4.69) is 0 Å². The highest BCUT2D eigenvalue weighted by atomic mass is 16.6. The van der Waals surface area contributed by atoms with Gasteiger partial charge in [0.1, 0.15) is 18.0 Å². The molecule has 0 saturated carbocycles. The second kappa shape index (κ2) is 4.24. The molecular formula is C14H16O3. The number of carbonyl (C=O) groups excluding carboxylic acids is 1. The monoisotopic (exact) mass is 232 g/mol. The molecule has 1 heterocycles. The van der Waals surface area contributed by atoms with Gasteiger partial charge in [-0.25, -0.2) is 4.79 Å². The molecule has 1 aromatic carbocycles. The Morgan fingerprint density at radius 2 is 2.00 bits per heavy atom. The van der Waals surface area contributed by atoms with E-state index >= 15 is 0 Å². The number of hydrogen-bond acceptors (Lipinski definition) is 3. The number of esters is 1. The van der Waals surface area contributed by atoms with Gasteiger partial charge in [-0.3, -0.25) is 0 Å². The van der Waals surface area contributed by atoms with Crippen LogP contribution >= 0.6 is 0 Å². The van der Waals surface area contributed by atoms with Gasteiger partial charge in [-0.2, -0.15) is 0 Å². The molecule has 0 amide bonds. The van der Waals surface area contributed by atoms with Crippen molar-refractivity contribution in [2.24, 2.45) is 0 Å². The van der Waals surface area contributed by atoms with Crippen molar-refractivity contribution in [2.75, 3.05) is 6.61 Å². The zero-order valence-electron chi connectivity index (χ0n) is 10.3. The highest BCUT2D eigenvalue weighted by Gasteiger charge is 2.22. The number of hydrogen-bond donors (Lipinski definition) is 0. The number of carbonyl (C=O) groups is 1.